The van der Waals surface area contributed by atoms with E-state index in [1.54, 1.807) is 60.7 Å². The van der Waals surface area contributed by atoms with Gasteiger partial charge in [0.2, 0.25) is 76.8 Å². The molecule has 0 spiro atoms. The second-order valence-corrected chi connectivity index (χ2v) is 25.1. The minimum Gasteiger partial charge on any atom is -0.370 e. The van der Waals surface area contributed by atoms with Gasteiger partial charge in [-0.15, -0.1) is 0 Å². The molecule has 31 nitrogen and oxygen atoms in total. The fourth-order valence-electron chi connectivity index (χ4n) is 11.0. The summed E-state index contributed by atoms with van der Waals surface area (Å²) in [6.45, 7) is 3.86. The Morgan fingerprint density at radius 2 is 1.01 bits per heavy atom. The van der Waals surface area contributed by atoms with Crippen LogP contribution in [0.4, 0.5) is 0 Å². The van der Waals surface area contributed by atoms with E-state index in [0.29, 0.717) is 55.4 Å². The van der Waals surface area contributed by atoms with Crippen molar-refractivity contribution in [2.45, 2.75) is 183 Å². The van der Waals surface area contributed by atoms with E-state index >= 15 is 0 Å². The lowest BCUT2D eigenvalue weighted by Crippen LogP contribution is -2.60. The smallest absolute Gasteiger partial charge is 0.245 e. The molecule has 0 radical (unpaired) electrons. The van der Waals surface area contributed by atoms with Gasteiger partial charge in [0.25, 0.3) is 0 Å². The number of aliphatic imine (C=N–C) groups is 1. The van der Waals surface area contributed by atoms with Crippen LogP contribution in [0.3, 0.4) is 0 Å². The number of nitrogens with two attached hydrogens (primary N) is 7. The van der Waals surface area contributed by atoms with Crippen molar-refractivity contribution in [1.29, 1.82) is 0 Å². The molecule has 2 fully saturated rings. The quantitative estimate of drug-likeness (QED) is 0.0173. The SMILES string of the molecule is CSCC[C@H](NC(=O)[C@H](CC(C)C)NC(=O)CNC(=O)[C@H](Cc1ccccc1)NC(=O)[C@@H](Cc1ccccc1)NC(=O)[C@@H](CCC(N)=O)NC(=O)[C@H](CCC(N)=O)NC(=O)[C@@H]1CCCN1C(=O)[C@H](CCCCN)NC(=O)[C@@H]1CCCN1C(=O)[C@H](N)CCCN=C(N)N)C(N)=O. The van der Waals surface area contributed by atoms with E-state index < -0.39 is 169 Å². The fourth-order valence-corrected chi connectivity index (χ4v) is 11.5. The van der Waals surface area contributed by atoms with Gasteiger partial charge in [-0.1, -0.05) is 74.5 Å². The number of guanidine groups is 1. The summed E-state index contributed by atoms with van der Waals surface area (Å²) in [7, 11) is 0. The van der Waals surface area contributed by atoms with Crippen LogP contribution in [0.2, 0.25) is 0 Å². The van der Waals surface area contributed by atoms with E-state index in [0.717, 1.165) is 0 Å². The van der Waals surface area contributed by atoms with Gasteiger partial charge in [-0.3, -0.25) is 67.3 Å². The first-order valence-corrected chi connectivity index (χ1v) is 33.6. The Morgan fingerprint density at radius 1 is 0.537 bits per heavy atom. The average Bonchev–Trinajstić information content (AvgIpc) is 1.74. The Hall–Kier alpha value is -8.91. The molecule has 95 heavy (non-hydrogen) atoms. The van der Waals surface area contributed by atoms with Gasteiger partial charge in [0.15, 0.2) is 5.96 Å². The monoisotopic (exact) mass is 1350 g/mol. The summed E-state index contributed by atoms with van der Waals surface area (Å²) < 4.78 is 0. The summed E-state index contributed by atoms with van der Waals surface area (Å²) in [6.07, 6.45) is 3.12. The lowest BCUT2D eigenvalue weighted by Gasteiger charge is -2.32. The summed E-state index contributed by atoms with van der Waals surface area (Å²) in [5, 5.41) is 21.1. The Bertz CT molecular complexity index is 2960. The predicted octanol–water partition coefficient (Wildman–Crippen LogP) is -3.71. The van der Waals surface area contributed by atoms with Crippen molar-refractivity contribution in [3.63, 3.8) is 0 Å². The van der Waals surface area contributed by atoms with E-state index in [4.69, 9.17) is 40.1 Å². The molecule has 0 aliphatic carbocycles. The van der Waals surface area contributed by atoms with Gasteiger partial charge in [-0.05, 0) is 119 Å². The predicted molar refractivity (Wildman–Crippen MR) is 356 cm³/mol. The molecule has 0 saturated carbocycles. The molecule has 0 bridgehead atoms. The number of hydrogen-bond donors (Lipinski definition) is 15. The minimum atomic E-state index is -1.64. The summed E-state index contributed by atoms with van der Waals surface area (Å²) in [6, 6.07) is 4.51. The number of primary amides is 3. The maximum atomic E-state index is 14.7. The average molecular weight is 1350 g/mol. The molecule has 2 aliphatic rings. The number of carbonyl (C=O) groups excluding carboxylic acids is 13. The summed E-state index contributed by atoms with van der Waals surface area (Å²) in [5.74, 6) is -9.80. The molecular formula is C63H98N18O13S. The third-order valence-electron chi connectivity index (χ3n) is 16.0. The number of amides is 13. The number of likely N-dealkylation sites (tertiary alicyclic amines) is 2. The second kappa shape index (κ2) is 41.0. The largest absolute Gasteiger partial charge is 0.370 e. The highest BCUT2D eigenvalue weighted by molar-refractivity contribution is 7.98. The Morgan fingerprint density at radius 3 is 1.51 bits per heavy atom. The molecule has 2 aliphatic heterocycles. The highest BCUT2D eigenvalue weighted by atomic mass is 32.2. The van der Waals surface area contributed by atoms with E-state index in [1.165, 1.54) is 21.6 Å². The molecule has 32 heteroatoms. The van der Waals surface area contributed by atoms with Crippen molar-refractivity contribution >= 4 is 94.5 Å². The molecule has 2 aromatic rings. The first-order valence-electron chi connectivity index (χ1n) is 32.2. The van der Waals surface area contributed by atoms with Gasteiger partial charge < -0.3 is 92.5 Å². The van der Waals surface area contributed by atoms with Crippen LogP contribution < -0.4 is 82.7 Å². The summed E-state index contributed by atoms with van der Waals surface area (Å²) in [4.78, 5) is 185. The number of unbranched alkanes of at least 4 members (excludes halogenated alkanes) is 1. The number of benzene rings is 2. The maximum absolute atomic E-state index is 14.7. The van der Waals surface area contributed by atoms with Gasteiger partial charge in [-0.2, -0.15) is 11.8 Å². The van der Waals surface area contributed by atoms with Crippen LogP contribution in [0, 0.1) is 5.92 Å². The standard InChI is InChI=1S/C63H98N18O13S/c1-37(2)33-45(57(89)74-41(53(68)85)27-32-95-3)73-52(84)36-72-54(86)46(34-38-15-6-4-7-16-38)78-58(90)47(35-39-17-8-5-9-18-39)79-56(88)42(23-25-50(66)82)75-55(87)43(24-26-51(67)83)76-59(91)49-22-14-31-81(49)62(94)44(20-10-11-28-64)77-60(92)48-21-13-30-80(48)61(93)40(65)19-12-29-71-63(69)70/h4-9,15-18,37,40-49H,10-14,19-36,64-65H2,1-3H3,(H2,66,82)(H2,67,83)(H2,68,85)(H,72,86)(H,73,84)(H,74,89)(H,75,87)(H,76,91)(H,77,92)(H,78,90)(H,79,88)(H4,69,70,71)/t40-,41+,42-,43+,44+,45+,46+,47-,48+,49+/m1/s1. The van der Waals surface area contributed by atoms with E-state index in [2.05, 4.69) is 47.5 Å². The van der Waals surface area contributed by atoms with Crippen LogP contribution in [-0.2, 0) is 75.2 Å². The molecule has 4 rings (SSSR count). The Kier molecular flexibility index (Phi) is 33.9. The molecule has 13 amide bonds. The van der Waals surface area contributed by atoms with Crippen LogP contribution >= 0.6 is 11.8 Å². The number of hydrogen-bond acceptors (Lipinski definition) is 17. The third kappa shape index (κ3) is 27.5. The van der Waals surface area contributed by atoms with Crippen LogP contribution in [0.25, 0.3) is 0 Å². The zero-order valence-corrected chi connectivity index (χ0v) is 55.3. The third-order valence-corrected chi connectivity index (χ3v) is 16.7. The van der Waals surface area contributed by atoms with Crippen molar-refractivity contribution in [3.8, 4) is 0 Å². The van der Waals surface area contributed by atoms with Gasteiger partial charge in [0, 0.05) is 45.3 Å². The molecule has 0 aromatic heterocycles. The number of nitrogens with zero attached hydrogens (tertiary/aromatic N) is 3. The highest BCUT2D eigenvalue weighted by Crippen LogP contribution is 2.24. The Labute approximate surface area is 558 Å². The van der Waals surface area contributed by atoms with Crippen molar-refractivity contribution in [2.24, 2.45) is 51.0 Å². The fraction of sp³-hybridized carbons (Fsp3) is 0.587. The lowest BCUT2D eigenvalue weighted by atomic mass is 10.0. The maximum Gasteiger partial charge on any atom is 0.245 e. The molecule has 2 heterocycles. The second-order valence-electron chi connectivity index (χ2n) is 24.1. The molecule has 2 saturated heterocycles. The van der Waals surface area contributed by atoms with Gasteiger partial charge in [-0.25, -0.2) is 0 Å². The number of rotatable bonds is 42. The first-order chi connectivity index (χ1) is 45.2. The van der Waals surface area contributed by atoms with E-state index in [-0.39, 0.29) is 83.0 Å². The normalized spacial score (nSPS) is 16.8. The van der Waals surface area contributed by atoms with Crippen molar-refractivity contribution in [2.75, 3.05) is 44.7 Å². The molecule has 22 N–H and O–H groups in total. The zero-order valence-electron chi connectivity index (χ0n) is 54.5. The number of thioether (sulfide) groups is 1. The van der Waals surface area contributed by atoms with Crippen molar-refractivity contribution in [1.82, 2.24) is 52.3 Å². The molecule has 10 atom stereocenters. The van der Waals surface area contributed by atoms with Crippen LogP contribution in [0.15, 0.2) is 65.7 Å². The van der Waals surface area contributed by atoms with Gasteiger partial charge >= 0.3 is 0 Å². The molecule has 2 aromatic carbocycles. The van der Waals surface area contributed by atoms with Crippen molar-refractivity contribution in [3.05, 3.63) is 71.8 Å². The zero-order chi connectivity index (χ0) is 70.1. The van der Waals surface area contributed by atoms with E-state index in [1.807, 2.05) is 20.1 Å². The highest BCUT2D eigenvalue weighted by Gasteiger charge is 2.42. The minimum absolute atomic E-state index is 0.0736. The van der Waals surface area contributed by atoms with Crippen molar-refractivity contribution < 1.29 is 62.3 Å². The molecular weight excluding hydrogens is 1250 g/mol. The summed E-state index contributed by atoms with van der Waals surface area (Å²) >= 11 is 1.45. The van der Waals surface area contributed by atoms with E-state index in [9.17, 15) is 62.3 Å². The lowest BCUT2D eigenvalue weighted by molar-refractivity contribution is -0.144. The molecule has 524 valence electrons. The molecule has 0 unspecified atom stereocenters. The van der Waals surface area contributed by atoms with Crippen LogP contribution in [0.1, 0.15) is 121 Å². The van der Waals surface area contributed by atoms with Crippen LogP contribution in [-0.4, -0.2) is 198 Å². The number of carbonyl (C=O) groups is 13. The summed E-state index contributed by atoms with van der Waals surface area (Å²) in [5.41, 5.74) is 40.6. The van der Waals surface area contributed by atoms with Crippen LogP contribution in [0.5, 0.6) is 0 Å². The van der Waals surface area contributed by atoms with Gasteiger partial charge in [0.05, 0.1) is 12.6 Å². The van der Waals surface area contributed by atoms with Gasteiger partial charge in [0.1, 0.15) is 54.4 Å². The first kappa shape index (κ1) is 78.5. The topological polar surface area (TPSA) is 519 Å². The Balaban J connectivity index is 1.56. The number of nitrogens with one attached hydrogen (secondary N) is 8.